The number of ether oxygens (including phenoxy) is 2. The highest BCUT2D eigenvalue weighted by atomic mass is 19.3. The molecule has 4 heteroatoms. The molecule has 1 aliphatic carbocycles. The topological polar surface area (TPSA) is 18.5 Å². The summed E-state index contributed by atoms with van der Waals surface area (Å²) >= 11 is 0. The average molecular weight is 453 g/mol. The molecule has 33 heavy (non-hydrogen) atoms. The molecule has 2 fully saturated rings. The number of rotatable bonds is 7. The summed E-state index contributed by atoms with van der Waals surface area (Å²) in [4.78, 5) is 0. The van der Waals surface area contributed by atoms with E-state index in [0.717, 1.165) is 43.3 Å². The Kier molecular flexibility index (Phi) is 8.46. The van der Waals surface area contributed by atoms with E-state index in [9.17, 15) is 8.78 Å². The van der Waals surface area contributed by atoms with Gasteiger partial charge < -0.3 is 9.47 Å². The molecule has 2 aliphatic rings. The largest absolute Gasteiger partial charge is 0.352 e. The summed E-state index contributed by atoms with van der Waals surface area (Å²) in [6, 6.07) is 17.1. The van der Waals surface area contributed by atoms with Crippen LogP contribution in [-0.4, -0.2) is 19.5 Å². The fraction of sp³-hybridized carbons (Fsp3) is 0.448. The molecule has 0 amide bonds. The molecule has 0 N–H and O–H groups in total. The second-order valence-electron chi connectivity index (χ2n) is 9.28. The molecule has 0 aromatic heterocycles. The highest BCUT2D eigenvalue weighted by Gasteiger charge is 2.32. The fourth-order valence-corrected chi connectivity index (χ4v) is 5.07. The number of halogens is 2. The van der Waals surface area contributed by atoms with Crippen LogP contribution >= 0.6 is 0 Å². The maximum Gasteiger partial charge on any atom is 0.266 e. The maximum atomic E-state index is 12.2. The summed E-state index contributed by atoms with van der Waals surface area (Å²) in [6.45, 7) is 3.58. The van der Waals surface area contributed by atoms with Gasteiger partial charge in [0.25, 0.3) is 6.08 Å². The Bertz CT molecular complexity index is 913. The molecule has 0 unspecified atom stereocenters. The van der Waals surface area contributed by atoms with Crippen LogP contribution < -0.4 is 0 Å². The summed E-state index contributed by atoms with van der Waals surface area (Å²) < 4.78 is 36.4. The Hall–Kier alpha value is -2.30. The average Bonchev–Trinajstić information content (AvgIpc) is 2.85. The van der Waals surface area contributed by atoms with Crippen molar-refractivity contribution in [1.82, 2.24) is 0 Å². The first-order valence-electron chi connectivity index (χ1n) is 12.2. The Morgan fingerprint density at radius 1 is 0.879 bits per heavy atom. The van der Waals surface area contributed by atoms with Gasteiger partial charge in [0.15, 0.2) is 6.29 Å². The van der Waals surface area contributed by atoms with E-state index in [2.05, 4.69) is 48.6 Å². The summed E-state index contributed by atoms with van der Waals surface area (Å²) in [5, 5.41) is 0. The number of allylic oxidation sites excluding steroid dienone is 2. The van der Waals surface area contributed by atoms with Gasteiger partial charge in [-0.25, -0.2) is 0 Å². The molecule has 2 aromatic rings. The SMILES string of the molecule is C/C=C/C1COC(C2CCC(c3ccc(-c4ccc(CCC=C(F)F)cc4)cc3)CC2)OC1. The Morgan fingerprint density at radius 3 is 2.06 bits per heavy atom. The lowest BCUT2D eigenvalue weighted by atomic mass is 9.78. The van der Waals surface area contributed by atoms with Gasteiger partial charge in [0.2, 0.25) is 0 Å². The first-order chi connectivity index (χ1) is 16.1. The van der Waals surface area contributed by atoms with Gasteiger partial charge in [-0.15, -0.1) is 0 Å². The van der Waals surface area contributed by atoms with Crippen LogP contribution in [0.1, 0.15) is 56.1 Å². The van der Waals surface area contributed by atoms with E-state index in [0.29, 0.717) is 30.6 Å². The highest BCUT2D eigenvalue weighted by molar-refractivity contribution is 5.64. The molecular formula is C29H34F2O2. The van der Waals surface area contributed by atoms with Crippen LogP contribution in [0.2, 0.25) is 0 Å². The van der Waals surface area contributed by atoms with Crippen LogP contribution in [0.4, 0.5) is 8.78 Å². The van der Waals surface area contributed by atoms with Crippen LogP contribution in [0.5, 0.6) is 0 Å². The van der Waals surface area contributed by atoms with E-state index in [1.165, 1.54) is 24.0 Å². The van der Waals surface area contributed by atoms with Gasteiger partial charge in [-0.1, -0.05) is 60.7 Å². The van der Waals surface area contributed by atoms with Crippen molar-refractivity contribution in [3.63, 3.8) is 0 Å². The summed E-state index contributed by atoms with van der Waals surface area (Å²) in [5.74, 6) is 1.49. The van der Waals surface area contributed by atoms with Gasteiger partial charge >= 0.3 is 0 Å². The van der Waals surface area contributed by atoms with Crippen LogP contribution in [0.3, 0.4) is 0 Å². The van der Waals surface area contributed by atoms with E-state index in [-0.39, 0.29) is 6.29 Å². The van der Waals surface area contributed by atoms with E-state index in [1.807, 2.05) is 19.1 Å². The third-order valence-electron chi connectivity index (χ3n) is 6.97. The Balaban J connectivity index is 1.27. The van der Waals surface area contributed by atoms with Crippen molar-refractivity contribution in [3.05, 3.63) is 84.0 Å². The van der Waals surface area contributed by atoms with E-state index < -0.39 is 6.08 Å². The van der Waals surface area contributed by atoms with Crippen molar-refractivity contribution in [2.45, 2.75) is 57.7 Å². The van der Waals surface area contributed by atoms with Crippen LogP contribution in [0.25, 0.3) is 11.1 Å². The molecule has 4 rings (SSSR count). The van der Waals surface area contributed by atoms with Crippen molar-refractivity contribution in [3.8, 4) is 11.1 Å². The van der Waals surface area contributed by atoms with Crippen molar-refractivity contribution < 1.29 is 18.3 Å². The Morgan fingerprint density at radius 2 is 1.48 bits per heavy atom. The van der Waals surface area contributed by atoms with E-state index in [1.54, 1.807) is 0 Å². The van der Waals surface area contributed by atoms with Gasteiger partial charge in [-0.3, -0.25) is 0 Å². The lowest BCUT2D eigenvalue weighted by Crippen LogP contribution is -2.37. The smallest absolute Gasteiger partial charge is 0.266 e. The van der Waals surface area contributed by atoms with Crippen LogP contribution in [0, 0.1) is 11.8 Å². The third kappa shape index (κ3) is 6.61. The number of aryl methyl sites for hydroxylation is 1. The van der Waals surface area contributed by atoms with Gasteiger partial charge in [0, 0.05) is 11.8 Å². The second kappa shape index (κ2) is 11.7. The molecule has 1 heterocycles. The van der Waals surface area contributed by atoms with Crippen LogP contribution in [-0.2, 0) is 15.9 Å². The van der Waals surface area contributed by atoms with Crippen molar-refractivity contribution >= 4 is 0 Å². The third-order valence-corrected chi connectivity index (χ3v) is 6.97. The summed E-state index contributed by atoms with van der Waals surface area (Å²) in [5.41, 5.74) is 4.83. The molecule has 0 atom stereocenters. The molecule has 0 spiro atoms. The highest BCUT2D eigenvalue weighted by Crippen LogP contribution is 2.39. The minimum atomic E-state index is -1.60. The van der Waals surface area contributed by atoms with Gasteiger partial charge in [-0.2, -0.15) is 8.78 Å². The Labute approximate surface area is 196 Å². The minimum absolute atomic E-state index is 0.0372. The van der Waals surface area contributed by atoms with Gasteiger partial charge in [0.1, 0.15) is 0 Å². The monoisotopic (exact) mass is 452 g/mol. The van der Waals surface area contributed by atoms with Crippen molar-refractivity contribution in [2.75, 3.05) is 13.2 Å². The molecular weight excluding hydrogens is 418 g/mol. The minimum Gasteiger partial charge on any atom is -0.352 e. The lowest BCUT2D eigenvalue weighted by Gasteiger charge is -2.37. The van der Waals surface area contributed by atoms with Crippen LogP contribution in [0.15, 0.2) is 72.8 Å². The van der Waals surface area contributed by atoms with E-state index in [4.69, 9.17) is 9.47 Å². The first-order valence-corrected chi connectivity index (χ1v) is 12.2. The van der Waals surface area contributed by atoms with Crippen molar-refractivity contribution in [2.24, 2.45) is 11.8 Å². The molecule has 0 radical (unpaired) electrons. The number of benzene rings is 2. The lowest BCUT2D eigenvalue weighted by molar-refractivity contribution is -0.222. The van der Waals surface area contributed by atoms with Gasteiger partial charge in [0.05, 0.1) is 13.2 Å². The molecule has 1 aliphatic heterocycles. The normalized spacial score (nSPS) is 25.8. The molecule has 1 saturated heterocycles. The van der Waals surface area contributed by atoms with Crippen molar-refractivity contribution in [1.29, 1.82) is 0 Å². The zero-order chi connectivity index (χ0) is 23.0. The van der Waals surface area contributed by atoms with E-state index >= 15 is 0 Å². The molecule has 1 saturated carbocycles. The molecule has 176 valence electrons. The predicted molar refractivity (Wildman–Crippen MR) is 129 cm³/mol. The number of hydrogen-bond acceptors (Lipinski definition) is 2. The first kappa shape index (κ1) is 23.8. The fourth-order valence-electron chi connectivity index (χ4n) is 5.07. The quantitative estimate of drug-likeness (QED) is 0.398. The second-order valence-corrected chi connectivity index (χ2v) is 9.28. The molecule has 0 bridgehead atoms. The summed E-state index contributed by atoms with van der Waals surface area (Å²) in [6.07, 6.45) is 9.22. The molecule has 2 nitrogen and oxygen atoms in total. The predicted octanol–water partition coefficient (Wildman–Crippen LogP) is 7.91. The summed E-state index contributed by atoms with van der Waals surface area (Å²) in [7, 11) is 0. The standard InChI is InChI=1S/C29H34F2O2/c1-2-4-22-19-32-29(33-20-22)27-17-15-26(16-18-27)25-13-11-24(12-14-25)23-9-7-21(8-10-23)5-3-6-28(30)31/h2,4,6-14,22,26-27,29H,3,5,15-20H2,1H3/b4-2+. The number of hydrogen-bond donors (Lipinski definition) is 0. The molecule has 2 aromatic carbocycles. The maximum absolute atomic E-state index is 12.2. The zero-order valence-corrected chi connectivity index (χ0v) is 19.4. The zero-order valence-electron chi connectivity index (χ0n) is 19.4. The van der Waals surface area contributed by atoms with Gasteiger partial charge in [-0.05, 0) is 79.7 Å².